The molecule has 1 saturated carbocycles. The first kappa shape index (κ1) is 25.4. The van der Waals surface area contributed by atoms with E-state index < -0.39 is 55.7 Å². The fourth-order valence-corrected chi connectivity index (χ4v) is 6.89. The standard InChI is InChI=1S/C20H22N9O9P/c21-17-24-6-28(19(33)27-17)2-8-3-36-20(5-30)12(8)14(20)39(34,35)37-4-10-9(31)1-11(38-10)29-7-23-13-15(29)25-18(22)26-16(13)32/h1,6-7,10-11,14,30-31H,2-5H2,(H,34,35)(H2,21,27,33)(H3,22,25,26,32)/t10-,11?,14?,20-/m1/s1. The lowest BCUT2D eigenvalue weighted by Crippen LogP contribution is -2.27. The molecule has 6 rings (SSSR count). The van der Waals surface area contributed by atoms with Gasteiger partial charge in [-0.3, -0.25) is 23.5 Å². The summed E-state index contributed by atoms with van der Waals surface area (Å²) in [6.07, 6.45) is 1.66. The predicted molar refractivity (Wildman–Crippen MR) is 130 cm³/mol. The van der Waals surface area contributed by atoms with E-state index in [0.29, 0.717) is 11.1 Å². The first-order valence-electron chi connectivity index (χ1n) is 11.5. The second-order valence-electron chi connectivity index (χ2n) is 9.12. The second-order valence-corrected chi connectivity index (χ2v) is 11.0. The molecule has 2 aliphatic heterocycles. The number of fused-ring (bicyclic) bond motifs is 2. The smallest absolute Gasteiger partial charge is 0.352 e. The van der Waals surface area contributed by atoms with Crippen LogP contribution in [0.1, 0.15) is 6.23 Å². The van der Waals surface area contributed by atoms with Crippen LogP contribution in [0.15, 0.2) is 45.2 Å². The van der Waals surface area contributed by atoms with Gasteiger partial charge in [0.15, 0.2) is 17.4 Å². The third kappa shape index (κ3) is 4.05. The molecule has 206 valence electrons. The maximum Gasteiger partial charge on any atom is 0.352 e. The Labute approximate surface area is 216 Å². The number of anilines is 2. The number of imidazole rings is 1. The van der Waals surface area contributed by atoms with Gasteiger partial charge in [0, 0.05) is 6.08 Å². The number of aromatic nitrogens is 7. The average molecular weight is 563 g/mol. The molecule has 3 aromatic heterocycles. The van der Waals surface area contributed by atoms with Crippen LogP contribution >= 0.6 is 7.60 Å². The molecule has 3 unspecified atom stereocenters. The molecular formula is C20H22N9O9P. The van der Waals surface area contributed by atoms with Crippen molar-refractivity contribution in [2.24, 2.45) is 0 Å². The van der Waals surface area contributed by atoms with Crippen molar-refractivity contribution < 1.29 is 33.7 Å². The second kappa shape index (κ2) is 8.80. The quantitative estimate of drug-likeness (QED) is 0.127. The molecule has 1 fully saturated rings. The molecule has 0 bridgehead atoms. The lowest BCUT2D eigenvalue weighted by Gasteiger charge is -2.20. The number of nitrogens with zero attached hydrogens (tertiary/aromatic N) is 6. The Morgan fingerprint density at radius 2 is 2.05 bits per heavy atom. The van der Waals surface area contributed by atoms with Crippen molar-refractivity contribution in [1.82, 2.24) is 34.1 Å². The Bertz CT molecular complexity index is 1730. The maximum absolute atomic E-state index is 13.3. The number of aliphatic hydroxyl groups is 2. The van der Waals surface area contributed by atoms with Crippen LogP contribution in [0.4, 0.5) is 11.9 Å². The van der Waals surface area contributed by atoms with E-state index in [4.69, 9.17) is 25.5 Å². The van der Waals surface area contributed by atoms with Gasteiger partial charge in [0.1, 0.15) is 29.5 Å². The molecule has 0 saturated heterocycles. The van der Waals surface area contributed by atoms with E-state index in [2.05, 4.69) is 24.9 Å². The van der Waals surface area contributed by atoms with Gasteiger partial charge in [-0.25, -0.2) is 14.8 Å². The van der Waals surface area contributed by atoms with Gasteiger partial charge in [0.2, 0.25) is 11.9 Å². The SMILES string of the molecule is Nc1ncn(CC2=C3C(P(=O)(O)OC[C@H]4OC(n5cnc6c(=O)[nH]c(N)nc65)C=C4O)[C@]3(CO)OC2)c(=O)n1. The lowest BCUT2D eigenvalue weighted by molar-refractivity contribution is -0.0195. The molecule has 3 aliphatic rings. The van der Waals surface area contributed by atoms with E-state index in [1.54, 1.807) is 0 Å². The molecule has 0 aromatic carbocycles. The number of rotatable bonds is 8. The zero-order valence-corrected chi connectivity index (χ0v) is 20.8. The van der Waals surface area contributed by atoms with E-state index in [1.807, 2.05) is 0 Å². The Kier molecular flexibility index (Phi) is 5.72. The van der Waals surface area contributed by atoms with E-state index >= 15 is 0 Å². The fraction of sp³-hybridized carbons (Fsp3) is 0.400. The maximum atomic E-state index is 13.3. The van der Waals surface area contributed by atoms with Gasteiger partial charge in [0.25, 0.3) is 5.56 Å². The normalized spacial score (nSPS) is 27.5. The van der Waals surface area contributed by atoms with E-state index in [9.17, 15) is 29.3 Å². The lowest BCUT2D eigenvalue weighted by atomic mass is 10.2. The van der Waals surface area contributed by atoms with Crippen LogP contribution in [0.2, 0.25) is 0 Å². The van der Waals surface area contributed by atoms with Crippen LogP contribution in [0.25, 0.3) is 11.2 Å². The molecular weight excluding hydrogens is 541 g/mol. The number of hydrogen-bond donors (Lipinski definition) is 6. The summed E-state index contributed by atoms with van der Waals surface area (Å²) in [5.41, 5.74) is 8.14. The summed E-state index contributed by atoms with van der Waals surface area (Å²) in [5.74, 6) is -0.617. The molecule has 5 atom stereocenters. The molecule has 5 heterocycles. The van der Waals surface area contributed by atoms with Crippen LogP contribution in [-0.4, -0.2) is 86.3 Å². The van der Waals surface area contributed by atoms with Gasteiger partial charge in [-0.05, 0) is 11.1 Å². The Hall–Kier alpha value is -3.93. The van der Waals surface area contributed by atoms with E-state index in [-0.39, 0.29) is 42.0 Å². The minimum absolute atomic E-state index is 0.00620. The third-order valence-corrected chi connectivity index (χ3v) is 8.61. The van der Waals surface area contributed by atoms with Crippen LogP contribution in [-0.2, 0) is 25.1 Å². The molecule has 39 heavy (non-hydrogen) atoms. The molecule has 3 aromatic rings. The van der Waals surface area contributed by atoms with Gasteiger partial charge in [-0.15, -0.1) is 0 Å². The first-order chi connectivity index (χ1) is 18.5. The summed E-state index contributed by atoms with van der Waals surface area (Å²) < 4.78 is 32.5. The summed E-state index contributed by atoms with van der Waals surface area (Å²) >= 11 is 0. The van der Waals surface area contributed by atoms with E-state index in [0.717, 1.165) is 4.57 Å². The molecule has 8 N–H and O–H groups in total. The van der Waals surface area contributed by atoms with Crippen molar-refractivity contribution in [2.45, 2.75) is 30.1 Å². The highest BCUT2D eigenvalue weighted by Crippen LogP contribution is 2.71. The highest BCUT2D eigenvalue weighted by atomic mass is 31.2. The number of nitrogen functional groups attached to an aromatic ring is 2. The Balaban J connectivity index is 1.17. The third-order valence-electron chi connectivity index (χ3n) is 6.76. The van der Waals surface area contributed by atoms with Gasteiger partial charge < -0.3 is 40.6 Å². The van der Waals surface area contributed by atoms with Crippen LogP contribution in [0.5, 0.6) is 0 Å². The van der Waals surface area contributed by atoms with Crippen molar-refractivity contribution in [1.29, 1.82) is 0 Å². The molecule has 0 amide bonds. The molecule has 1 aliphatic carbocycles. The zero-order chi connectivity index (χ0) is 27.7. The monoisotopic (exact) mass is 563 g/mol. The molecule has 0 spiro atoms. The molecule has 0 radical (unpaired) electrons. The van der Waals surface area contributed by atoms with Crippen LogP contribution in [0, 0.1) is 0 Å². The van der Waals surface area contributed by atoms with Crippen LogP contribution < -0.4 is 22.7 Å². The first-order valence-corrected chi connectivity index (χ1v) is 13.1. The van der Waals surface area contributed by atoms with Gasteiger partial charge in [0.05, 0.1) is 32.7 Å². The Morgan fingerprint density at radius 3 is 2.79 bits per heavy atom. The van der Waals surface area contributed by atoms with Gasteiger partial charge >= 0.3 is 13.3 Å². The van der Waals surface area contributed by atoms with Crippen molar-refractivity contribution in [3.8, 4) is 0 Å². The minimum Gasteiger partial charge on any atom is -0.510 e. The summed E-state index contributed by atoms with van der Waals surface area (Å²) in [6.45, 7) is -1.14. The van der Waals surface area contributed by atoms with Crippen molar-refractivity contribution in [2.75, 3.05) is 31.3 Å². The fourth-order valence-electron chi connectivity index (χ4n) is 4.92. The van der Waals surface area contributed by atoms with Crippen molar-refractivity contribution in [3.63, 3.8) is 0 Å². The average Bonchev–Trinajstić information content (AvgIpc) is 3.14. The van der Waals surface area contributed by atoms with Crippen molar-refractivity contribution in [3.05, 3.63) is 56.5 Å². The van der Waals surface area contributed by atoms with Gasteiger partial charge in [-0.1, -0.05) is 0 Å². The molecule has 19 heteroatoms. The zero-order valence-electron chi connectivity index (χ0n) is 19.9. The summed E-state index contributed by atoms with van der Waals surface area (Å²) in [6, 6.07) is 0. The number of nitrogens with one attached hydrogen (secondary N) is 1. The minimum atomic E-state index is -4.48. The summed E-state index contributed by atoms with van der Waals surface area (Å²) in [5, 5.41) is 20.4. The van der Waals surface area contributed by atoms with E-state index in [1.165, 1.54) is 23.3 Å². The number of aromatic amines is 1. The highest BCUT2D eigenvalue weighted by molar-refractivity contribution is 7.54. The topological polar surface area (TPSA) is 269 Å². The highest BCUT2D eigenvalue weighted by Gasteiger charge is 2.73. The Morgan fingerprint density at radius 1 is 1.26 bits per heavy atom. The number of nitrogens with two attached hydrogens (primary N) is 2. The number of H-pyrrole nitrogens is 1. The summed E-state index contributed by atoms with van der Waals surface area (Å²) in [7, 11) is -4.48. The molecule has 18 nitrogen and oxygen atoms in total. The largest absolute Gasteiger partial charge is 0.510 e. The summed E-state index contributed by atoms with van der Waals surface area (Å²) in [4.78, 5) is 52.6. The van der Waals surface area contributed by atoms with Crippen LogP contribution in [0.3, 0.4) is 0 Å². The van der Waals surface area contributed by atoms with Crippen molar-refractivity contribution >= 4 is 30.7 Å². The number of hydrogen-bond acceptors (Lipinski definition) is 14. The number of aliphatic hydroxyl groups excluding tert-OH is 2. The predicted octanol–water partition coefficient (Wildman–Crippen LogP) is -2.08. The van der Waals surface area contributed by atoms with Gasteiger partial charge in [-0.2, -0.15) is 9.97 Å². The number of ether oxygens (including phenoxy) is 2.